The smallest absolute Gasteiger partial charge is 0.286 e. The average molecular weight is 382 g/mol. The molecule has 0 atom stereocenters. The molecular weight excluding hydrogens is 366 g/mol. The minimum Gasteiger partial charge on any atom is -0.413 e. The van der Waals surface area contributed by atoms with Gasteiger partial charge in [0.2, 0.25) is 11.7 Å². The van der Waals surface area contributed by atoms with Crippen LogP contribution in [0.5, 0.6) is 0 Å². The molecule has 4 aromatic rings. The second-order valence-corrected chi connectivity index (χ2v) is 6.19. The Hall–Kier alpha value is -3.03. The summed E-state index contributed by atoms with van der Waals surface area (Å²) >= 11 is 6.03. The van der Waals surface area contributed by atoms with Gasteiger partial charge >= 0.3 is 0 Å². The van der Waals surface area contributed by atoms with Crippen LogP contribution in [0.4, 0.5) is 5.82 Å². The number of fused-ring (bicyclic) bond motifs is 1. The van der Waals surface area contributed by atoms with Crippen LogP contribution < -0.4 is 5.32 Å². The first-order chi connectivity index (χ1) is 13.2. The number of nitrogens with one attached hydrogen (secondary N) is 1. The maximum atomic E-state index is 6.03. The lowest BCUT2D eigenvalue weighted by molar-refractivity contribution is 0.210. The van der Waals surface area contributed by atoms with Gasteiger partial charge in [0.05, 0.1) is 12.1 Å². The number of anilines is 1. The average Bonchev–Trinajstić information content (AvgIpc) is 3.18. The second kappa shape index (κ2) is 7.69. The zero-order valence-corrected chi connectivity index (χ0v) is 15.3. The number of aromatic nitrogens is 4. The largest absolute Gasteiger partial charge is 0.413 e. The monoisotopic (exact) mass is 381 g/mol. The molecule has 0 saturated heterocycles. The third kappa shape index (κ3) is 3.74. The molecule has 0 amide bonds. The van der Waals surface area contributed by atoms with Crippen LogP contribution in [-0.2, 0) is 4.74 Å². The molecule has 2 aromatic heterocycles. The first-order valence-electron chi connectivity index (χ1n) is 8.34. The maximum absolute atomic E-state index is 6.03. The first-order valence-corrected chi connectivity index (χ1v) is 8.72. The van der Waals surface area contributed by atoms with Crippen LogP contribution in [0, 0.1) is 0 Å². The highest BCUT2D eigenvalue weighted by atomic mass is 35.5. The summed E-state index contributed by atoms with van der Waals surface area (Å²) in [5, 5.41) is 13.0. The summed E-state index contributed by atoms with van der Waals surface area (Å²) in [4.78, 5) is 9.12. The van der Waals surface area contributed by atoms with Crippen molar-refractivity contribution in [3.8, 4) is 23.2 Å². The van der Waals surface area contributed by atoms with Crippen molar-refractivity contribution in [3.05, 3.63) is 53.6 Å². The molecule has 27 heavy (non-hydrogen) atoms. The molecule has 0 aliphatic rings. The van der Waals surface area contributed by atoms with Gasteiger partial charge in [-0.2, -0.15) is 0 Å². The predicted molar refractivity (Wildman–Crippen MR) is 104 cm³/mol. The molecule has 0 aliphatic heterocycles. The lowest BCUT2D eigenvalue weighted by atomic mass is 10.2. The first kappa shape index (κ1) is 17.4. The molecule has 7 nitrogen and oxygen atoms in total. The highest BCUT2D eigenvalue weighted by Gasteiger charge is 2.16. The highest BCUT2D eigenvalue weighted by Crippen LogP contribution is 2.27. The van der Waals surface area contributed by atoms with Crippen LogP contribution in [0.1, 0.15) is 0 Å². The molecular formula is C19H16ClN5O2. The Morgan fingerprint density at radius 3 is 2.74 bits per heavy atom. The van der Waals surface area contributed by atoms with Gasteiger partial charge in [-0.15, -0.1) is 10.2 Å². The van der Waals surface area contributed by atoms with E-state index in [9.17, 15) is 0 Å². The minimum atomic E-state index is 0.241. The fraction of sp³-hybridized carbons (Fsp3) is 0.158. The molecule has 2 heterocycles. The van der Waals surface area contributed by atoms with Gasteiger partial charge in [0.15, 0.2) is 0 Å². The molecule has 0 saturated carbocycles. The molecule has 136 valence electrons. The highest BCUT2D eigenvalue weighted by molar-refractivity contribution is 6.30. The van der Waals surface area contributed by atoms with Crippen LogP contribution in [0.15, 0.2) is 52.9 Å². The van der Waals surface area contributed by atoms with Gasteiger partial charge in [-0.3, -0.25) is 0 Å². The van der Waals surface area contributed by atoms with Crippen molar-refractivity contribution in [2.24, 2.45) is 0 Å². The number of methoxy groups -OCH3 is 1. The third-order valence-corrected chi connectivity index (χ3v) is 4.12. The lowest BCUT2D eigenvalue weighted by Crippen LogP contribution is -2.10. The Labute approximate surface area is 160 Å². The molecule has 0 radical (unpaired) electrons. The number of benzene rings is 2. The predicted octanol–water partition coefficient (Wildman–Crippen LogP) is 4.06. The van der Waals surface area contributed by atoms with E-state index in [0.29, 0.717) is 35.7 Å². The van der Waals surface area contributed by atoms with Crippen LogP contribution >= 0.6 is 11.6 Å². The number of hydrogen-bond acceptors (Lipinski definition) is 7. The number of ether oxygens (including phenoxy) is 1. The van der Waals surface area contributed by atoms with Crippen molar-refractivity contribution in [3.63, 3.8) is 0 Å². The van der Waals surface area contributed by atoms with Gasteiger partial charge in [0, 0.05) is 29.6 Å². The van der Waals surface area contributed by atoms with E-state index in [-0.39, 0.29) is 5.89 Å². The molecule has 0 bridgehead atoms. The number of nitrogens with zero attached hydrogens (tertiary/aromatic N) is 4. The molecule has 0 fully saturated rings. The van der Waals surface area contributed by atoms with Crippen molar-refractivity contribution in [2.45, 2.75) is 0 Å². The van der Waals surface area contributed by atoms with Crippen LogP contribution in [0.2, 0.25) is 5.02 Å². The van der Waals surface area contributed by atoms with Gasteiger partial charge in [-0.25, -0.2) is 9.97 Å². The summed E-state index contributed by atoms with van der Waals surface area (Å²) in [7, 11) is 1.65. The fourth-order valence-electron chi connectivity index (χ4n) is 2.63. The van der Waals surface area contributed by atoms with E-state index in [4.69, 9.17) is 20.8 Å². The molecule has 8 heteroatoms. The molecule has 4 rings (SSSR count). The molecule has 0 unspecified atom stereocenters. The third-order valence-electron chi connectivity index (χ3n) is 3.89. The Morgan fingerprint density at radius 1 is 1.04 bits per heavy atom. The molecule has 0 aliphatic carbocycles. The van der Waals surface area contributed by atoms with E-state index in [1.807, 2.05) is 36.4 Å². The van der Waals surface area contributed by atoms with Gasteiger partial charge in [0.1, 0.15) is 5.82 Å². The Balaban J connectivity index is 1.73. The number of rotatable bonds is 6. The van der Waals surface area contributed by atoms with E-state index in [1.165, 1.54) is 0 Å². The van der Waals surface area contributed by atoms with Gasteiger partial charge in [-0.05, 0) is 30.3 Å². The molecule has 2 aromatic carbocycles. The summed E-state index contributed by atoms with van der Waals surface area (Å²) in [5.41, 5.74) is 1.52. The standard InChI is InChI=1S/C19H16ClN5O2/c1-26-10-9-21-16-14-7-2-3-8-15(14)22-17(23-16)19-25-24-18(27-19)12-5-4-6-13(20)11-12/h2-8,11H,9-10H2,1H3,(H,21,22,23). The van der Waals surface area contributed by atoms with E-state index in [1.54, 1.807) is 19.2 Å². The van der Waals surface area contributed by atoms with E-state index in [0.717, 1.165) is 16.5 Å². The fourth-order valence-corrected chi connectivity index (χ4v) is 2.82. The zero-order valence-electron chi connectivity index (χ0n) is 14.5. The van der Waals surface area contributed by atoms with Crippen LogP contribution in [0.25, 0.3) is 34.1 Å². The Morgan fingerprint density at radius 2 is 1.89 bits per heavy atom. The van der Waals surface area contributed by atoms with E-state index in [2.05, 4.69) is 25.5 Å². The quantitative estimate of drug-likeness (QED) is 0.504. The summed E-state index contributed by atoms with van der Waals surface area (Å²) in [6.45, 7) is 1.18. The van der Waals surface area contributed by atoms with Crippen LogP contribution in [-0.4, -0.2) is 40.4 Å². The number of para-hydroxylation sites is 1. The minimum absolute atomic E-state index is 0.241. The summed E-state index contributed by atoms with van der Waals surface area (Å²) < 4.78 is 10.9. The summed E-state index contributed by atoms with van der Waals surface area (Å²) in [6, 6.07) is 15.0. The van der Waals surface area contributed by atoms with Gasteiger partial charge in [0.25, 0.3) is 5.89 Å². The second-order valence-electron chi connectivity index (χ2n) is 5.76. The van der Waals surface area contributed by atoms with Crippen molar-refractivity contribution in [1.29, 1.82) is 0 Å². The van der Waals surface area contributed by atoms with E-state index < -0.39 is 0 Å². The summed E-state index contributed by atoms with van der Waals surface area (Å²) in [5.74, 6) is 1.65. The SMILES string of the molecule is COCCNc1nc(-c2nnc(-c3cccc(Cl)c3)o2)nc2ccccc12. The van der Waals surface area contributed by atoms with Crippen molar-refractivity contribution < 1.29 is 9.15 Å². The number of halogens is 1. The van der Waals surface area contributed by atoms with Crippen LogP contribution in [0.3, 0.4) is 0 Å². The van der Waals surface area contributed by atoms with Crippen molar-refractivity contribution in [1.82, 2.24) is 20.2 Å². The number of hydrogen-bond donors (Lipinski definition) is 1. The van der Waals surface area contributed by atoms with Gasteiger partial charge in [-0.1, -0.05) is 29.8 Å². The summed E-state index contributed by atoms with van der Waals surface area (Å²) in [6.07, 6.45) is 0. The van der Waals surface area contributed by atoms with Gasteiger partial charge < -0.3 is 14.5 Å². The topological polar surface area (TPSA) is 86.0 Å². The van der Waals surface area contributed by atoms with Crippen molar-refractivity contribution in [2.75, 3.05) is 25.6 Å². The lowest BCUT2D eigenvalue weighted by Gasteiger charge is -2.09. The normalized spacial score (nSPS) is 11.0. The van der Waals surface area contributed by atoms with Crippen molar-refractivity contribution >= 4 is 28.3 Å². The molecule has 0 spiro atoms. The Bertz CT molecular complexity index is 1080. The molecule has 1 N–H and O–H groups in total. The Kier molecular flexibility index (Phi) is 4.95. The van der Waals surface area contributed by atoms with E-state index >= 15 is 0 Å². The zero-order chi connectivity index (χ0) is 18.6. The maximum Gasteiger partial charge on any atom is 0.286 e.